The molecule has 0 heterocycles. The van der Waals surface area contributed by atoms with Gasteiger partial charge >= 0.3 is 11.9 Å². The number of rotatable bonds is 4. The van der Waals surface area contributed by atoms with Crippen LogP contribution in [0, 0.1) is 40.9 Å². The smallest absolute Gasteiger partial charge is 0.323 e. The van der Waals surface area contributed by atoms with Crippen molar-refractivity contribution in [1.29, 1.82) is 0 Å². The van der Waals surface area contributed by atoms with E-state index in [1.807, 2.05) is 0 Å². The van der Waals surface area contributed by atoms with E-state index in [-0.39, 0.29) is 17.9 Å². The molecular formula is C18H24O4. The highest BCUT2D eigenvalue weighted by molar-refractivity contribution is 6.01. The third kappa shape index (κ3) is 1.59. The van der Waals surface area contributed by atoms with Gasteiger partial charge in [-0.05, 0) is 68.6 Å². The molecule has 0 aromatic heterocycles. The third-order valence-electron chi connectivity index (χ3n) is 6.65. The Morgan fingerprint density at radius 2 is 1.59 bits per heavy atom. The lowest BCUT2D eigenvalue weighted by atomic mass is 9.62. The van der Waals surface area contributed by atoms with Crippen molar-refractivity contribution < 1.29 is 19.1 Å². The van der Waals surface area contributed by atoms with Crippen molar-refractivity contribution in [2.75, 3.05) is 13.2 Å². The number of fused-ring (bicyclic) bond motifs is 9. The zero-order valence-corrected chi connectivity index (χ0v) is 13.3. The molecule has 0 aliphatic heterocycles. The average molecular weight is 304 g/mol. The first-order valence-electron chi connectivity index (χ1n) is 8.66. The van der Waals surface area contributed by atoms with E-state index in [0.29, 0.717) is 49.2 Å². The number of esters is 2. The molecule has 0 aromatic carbocycles. The first kappa shape index (κ1) is 14.3. The molecule has 0 N–H and O–H groups in total. The van der Waals surface area contributed by atoms with Crippen molar-refractivity contribution in [1.82, 2.24) is 0 Å². The largest absolute Gasteiger partial charge is 0.465 e. The fourth-order valence-electron chi connectivity index (χ4n) is 6.16. The minimum atomic E-state index is -1.03. The lowest BCUT2D eigenvalue weighted by molar-refractivity contribution is -0.179. The molecule has 4 aliphatic rings. The monoisotopic (exact) mass is 304 g/mol. The Kier molecular flexibility index (Phi) is 3.14. The van der Waals surface area contributed by atoms with Crippen LogP contribution in [-0.4, -0.2) is 25.2 Å². The molecule has 120 valence electrons. The van der Waals surface area contributed by atoms with Crippen LogP contribution in [0.5, 0.6) is 0 Å². The summed E-state index contributed by atoms with van der Waals surface area (Å²) in [4.78, 5) is 25.5. The standard InChI is InChI=1S/C18H24O4/c1-3-21-16(19)18(17(20)22-4-2)9-12-8-13(18)15-11-6-5-10(7-11)14(12)15/h5-6,10-15H,3-4,7-9H2,1-2H3. The van der Waals surface area contributed by atoms with Gasteiger partial charge in [0.15, 0.2) is 5.41 Å². The van der Waals surface area contributed by atoms with E-state index in [2.05, 4.69) is 12.2 Å². The van der Waals surface area contributed by atoms with E-state index in [1.165, 1.54) is 6.42 Å². The second-order valence-corrected chi connectivity index (χ2v) is 7.32. The minimum Gasteiger partial charge on any atom is -0.465 e. The summed E-state index contributed by atoms with van der Waals surface area (Å²) in [6, 6.07) is 0. The van der Waals surface area contributed by atoms with Gasteiger partial charge in [0.2, 0.25) is 0 Å². The van der Waals surface area contributed by atoms with Crippen LogP contribution in [0.2, 0.25) is 0 Å². The number of carbonyl (C=O) groups is 2. The molecule has 6 atom stereocenters. The fourth-order valence-corrected chi connectivity index (χ4v) is 6.16. The Labute approximate surface area is 131 Å². The number of hydrogen-bond acceptors (Lipinski definition) is 4. The molecule has 3 fully saturated rings. The van der Waals surface area contributed by atoms with Crippen LogP contribution in [0.25, 0.3) is 0 Å². The number of ether oxygens (including phenoxy) is 2. The van der Waals surface area contributed by atoms with E-state index in [4.69, 9.17) is 9.47 Å². The number of allylic oxidation sites excluding steroid dienone is 2. The molecule has 3 saturated carbocycles. The van der Waals surface area contributed by atoms with Crippen LogP contribution >= 0.6 is 0 Å². The van der Waals surface area contributed by atoms with Gasteiger partial charge in [0, 0.05) is 0 Å². The number of carbonyl (C=O) groups excluding carboxylic acids is 2. The molecule has 6 unspecified atom stereocenters. The van der Waals surface area contributed by atoms with Gasteiger partial charge in [0.05, 0.1) is 13.2 Å². The Hall–Kier alpha value is -1.32. The van der Waals surface area contributed by atoms with Crippen LogP contribution < -0.4 is 0 Å². The molecule has 4 nitrogen and oxygen atoms in total. The lowest BCUT2D eigenvalue weighted by Gasteiger charge is -2.41. The van der Waals surface area contributed by atoms with E-state index in [0.717, 1.165) is 6.42 Å². The van der Waals surface area contributed by atoms with Gasteiger partial charge in [0.25, 0.3) is 0 Å². The molecule has 4 bridgehead atoms. The molecule has 0 spiro atoms. The first-order valence-corrected chi connectivity index (χ1v) is 8.66. The predicted octanol–water partition coefficient (Wildman–Crippen LogP) is 2.58. The average Bonchev–Trinajstić information content (AvgIpc) is 3.25. The van der Waals surface area contributed by atoms with Gasteiger partial charge in [-0.2, -0.15) is 0 Å². The highest BCUT2D eigenvalue weighted by Gasteiger charge is 2.72. The summed E-state index contributed by atoms with van der Waals surface area (Å²) in [5.41, 5.74) is -1.03. The molecule has 4 rings (SSSR count). The summed E-state index contributed by atoms with van der Waals surface area (Å²) in [7, 11) is 0. The summed E-state index contributed by atoms with van der Waals surface area (Å²) in [5, 5.41) is 0. The number of hydrogen-bond donors (Lipinski definition) is 0. The molecule has 0 amide bonds. The summed E-state index contributed by atoms with van der Waals surface area (Å²) < 4.78 is 10.6. The SMILES string of the molecule is CCOC(=O)C1(C(=O)OCC)CC2CC1C1C3C=CC(C3)C21. The topological polar surface area (TPSA) is 52.6 Å². The van der Waals surface area contributed by atoms with Gasteiger partial charge < -0.3 is 9.47 Å². The van der Waals surface area contributed by atoms with Crippen molar-refractivity contribution in [3.05, 3.63) is 12.2 Å². The molecule has 4 heteroatoms. The second kappa shape index (κ2) is 4.84. The molecule has 0 saturated heterocycles. The van der Waals surface area contributed by atoms with Gasteiger partial charge in [-0.25, -0.2) is 0 Å². The van der Waals surface area contributed by atoms with E-state index in [1.54, 1.807) is 13.8 Å². The molecule has 0 aromatic rings. The van der Waals surface area contributed by atoms with Gasteiger partial charge in [-0.1, -0.05) is 12.2 Å². The summed E-state index contributed by atoms with van der Waals surface area (Å²) in [6.45, 7) is 4.23. The van der Waals surface area contributed by atoms with Crippen molar-refractivity contribution in [3.63, 3.8) is 0 Å². The molecule has 22 heavy (non-hydrogen) atoms. The maximum Gasteiger partial charge on any atom is 0.323 e. The quantitative estimate of drug-likeness (QED) is 0.347. The highest BCUT2D eigenvalue weighted by Crippen LogP contribution is 2.70. The molecule has 4 aliphatic carbocycles. The Balaban J connectivity index is 1.70. The Bertz CT molecular complexity index is 519. The van der Waals surface area contributed by atoms with Crippen LogP contribution in [0.3, 0.4) is 0 Å². The lowest BCUT2D eigenvalue weighted by Crippen LogP contribution is -2.51. The third-order valence-corrected chi connectivity index (χ3v) is 6.65. The highest BCUT2D eigenvalue weighted by atomic mass is 16.6. The molecule has 0 radical (unpaired) electrons. The summed E-state index contributed by atoms with van der Waals surface area (Å²) >= 11 is 0. The Morgan fingerprint density at radius 3 is 2.18 bits per heavy atom. The van der Waals surface area contributed by atoms with E-state index < -0.39 is 5.41 Å². The summed E-state index contributed by atoms with van der Waals surface area (Å²) in [6.07, 6.45) is 7.51. The fraction of sp³-hybridized carbons (Fsp3) is 0.778. The predicted molar refractivity (Wildman–Crippen MR) is 79.6 cm³/mol. The van der Waals surface area contributed by atoms with Crippen molar-refractivity contribution in [2.24, 2.45) is 40.9 Å². The van der Waals surface area contributed by atoms with Crippen molar-refractivity contribution in [3.8, 4) is 0 Å². The minimum absolute atomic E-state index is 0.112. The van der Waals surface area contributed by atoms with Crippen molar-refractivity contribution in [2.45, 2.75) is 33.1 Å². The maximum atomic E-state index is 12.7. The van der Waals surface area contributed by atoms with E-state index in [9.17, 15) is 9.59 Å². The zero-order chi connectivity index (χ0) is 15.5. The van der Waals surface area contributed by atoms with Gasteiger partial charge in [-0.3, -0.25) is 9.59 Å². The zero-order valence-electron chi connectivity index (χ0n) is 13.3. The summed E-state index contributed by atoms with van der Waals surface area (Å²) in [5.74, 6) is 2.28. The molecular weight excluding hydrogens is 280 g/mol. The Morgan fingerprint density at radius 1 is 1.00 bits per heavy atom. The van der Waals surface area contributed by atoms with Gasteiger partial charge in [-0.15, -0.1) is 0 Å². The van der Waals surface area contributed by atoms with E-state index >= 15 is 0 Å². The maximum absolute atomic E-state index is 12.7. The van der Waals surface area contributed by atoms with Crippen LogP contribution in [-0.2, 0) is 19.1 Å². The van der Waals surface area contributed by atoms with Crippen LogP contribution in [0.1, 0.15) is 33.1 Å². The van der Waals surface area contributed by atoms with Crippen molar-refractivity contribution >= 4 is 11.9 Å². The normalized spacial score (nSPS) is 42.5. The second-order valence-electron chi connectivity index (χ2n) is 7.32. The van der Waals surface area contributed by atoms with Crippen LogP contribution in [0.4, 0.5) is 0 Å². The van der Waals surface area contributed by atoms with Crippen LogP contribution in [0.15, 0.2) is 12.2 Å². The van der Waals surface area contributed by atoms with Gasteiger partial charge in [0.1, 0.15) is 0 Å². The first-order chi connectivity index (χ1) is 10.6.